The van der Waals surface area contributed by atoms with E-state index in [-0.39, 0.29) is 11.9 Å². The van der Waals surface area contributed by atoms with Gasteiger partial charge in [0, 0.05) is 29.6 Å². The third kappa shape index (κ3) is 4.35. The predicted octanol–water partition coefficient (Wildman–Crippen LogP) is 4.04. The number of H-pyrrole nitrogens is 1. The van der Waals surface area contributed by atoms with Crippen molar-refractivity contribution in [1.29, 1.82) is 0 Å². The Labute approximate surface area is 127 Å². The van der Waals surface area contributed by atoms with E-state index in [2.05, 4.69) is 49.3 Å². The van der Waals surface area contributed by atoms with Crippen LogP contribution in [0.2, 0.25) is 0 Å². The van der Waals surface area contributed by atoms with E-state index < -0.39 is 0 Å². The average Bonchev–Trinajstić information content (AvgIpc) is 2.88. The maximum absolute atomic E-state index is 11.9. The molecule has 0 aliphatic heterocycles. The molecule has 0 aliphatic carbocycles. The molecule has 114 valence electrons. The quantitative estimate of drug-likeness (QED) is 0.792. The molecule has 1 aromatic heterocycles. The molecule has 1 aromatic carbocycles. The van der Waals surface area contributed by atoms with E-state index >= 15 is 0 Å². The summed E-state index contributed by atoms with van der Waals surface area (Å²) in [4.78, 5) is 15.2. The Kier molecular flexibility index (Phi) is 5.43. The van der Waals surface area contributed by atoms with Crippen LogP contribution in [0.15, 0.2) is 30.5 Å². The monoisotopic (exact) mass is 286 g/mol. The molecule has 2 rings (SSSR count). The number of benzene rings is 1. The molecule has 2 aromatic rings. The highest BCUT2D eigenvalue weighted by Gasteiger charge is 2.11. The van der Waals surface area contributed by atoms with Crippen LogP contribution in [0.1, 0.15) is 45.6 Å². The lowest BCUT2D eigenvalue weighted by Gasteiger charge is -2.14. The molecule has 3 heteroatoms. The minimum absolute atomic E-state index is 0.161. The van der Waals surface area contributed by atoms with E-state index in [0.29, 0.717) is 12.3 Å². The second-order valence-corrected chi connectivity index (χ2v) is 6.08. The number of carbonyl (C=O) groups excluding carboxylic acids is 1. The topological polar surface area (TPSA) is 44.9 Å². The van der Waals surface area contributed by atoms with Crippen molar-refractivity contribution in [3.8, 4) is 0 Å². The summed E-state index contributed by atoms with van der Waals surface area (Å²) in [5, 5.41) is 4.36. The summed E-state index contributed by atoms with van der Waals surface area (Å²) in [6, 6.07) is 8.44. The maximum Gasteiger partial charge on any atom is 0.220 e. The molecule has 0 bridgehead atoms. The maximum atomic E-state index is 11.9. The van der Waals surface area contributed by atoms with Crippen molar-refractivity contribution in [2.45, 2.75) is 52.5 Å². The van der Waals surface area contributed by atoms with Crippen LogP contribution in [0.5, 0.6) is 0 Å². The molecular weight excluding hydrogens is 260 g/mol. The minimum Gasteiger partial charge on any atom is -0.361 e. The van der Waals surface area contributed by atoms with E-state index in [0.717, 1.165) is 24.8 Å². The van der Waals surface area contributed by atoms with Crippen molar-refractivity contribution in [2.24, 2.45) is 5.92 Å². The van der Waals surface area contributed by atoms with E-state index in [1.807, 2.05) is 12.3 Å². The summed E-state index contributed by atoms with van der Waals surface area (Å²) < 4.78 is 0. The number of aromatic nitrogens is 1. The van der Waals surface area contributed by atoms with Gasteiger partial charge in [0.2, 0.25) is 5.91 Å². The lowest BCUT2D eigenvalue weighted by Crippen LogP contribution is -2.34. The van der Waals surface area contributed by atoms with Crippen LogP contribution < -0.4 is 5.32 Å². The number of aromatic amines is 1. The van der Waals surface area contributed by atoms with E-state index in [4.69, 9.17) is 0 Å². The first-order chi connectivity index (χ1) is 10.1. The van der Waals surface area contributed by atoms with Crippen molar-refractivity contribution in [3.05, 3.63) is 36.0 Å². The first-order valence-corrected chi connectivity index (χ1v) is 7.94. The number of hydrogen-bond acceptors (Lipinski definition) is 1. The number of rotatable bonds is 7. The zero-order valence-corrected chi connectivity index (χ0v) is 13.3. The van der Waals surface area contributed by atoms with Gasteiger partial charge in [0.1, 0.15) is 0 Å². The fourth-order valence-corrected chi connectivity index (χ4v) is 2.61. The largest absolute Gasteiger partial charge is 0.361 e. The Morgan fingerprint density at radius 2 is 2.05 bits per heavy atom. The summed E-state index contributed by atoms with van der Waals surface area (Å²) in [5.41, 5.74) is 2.42. The summed E-state index contributed by atoms with van der Waals surface area (Å²) >= 11 is 0. The molecule has 0 saturated carbocycles. The van der Waals surface area contributed by atoms with Gasteiger partial charge in [-0.25, -0.2) is 0 Å². The van der Waals surface area contributed by atoms with Crippen molar-refractivity contribution in [3.63, 3.8) is 0 Å². The number of para-hydroxylation sites is 1. The van der Waals surface area contributed by atoms with Gasteiger partial charge >= 0.3 is 0 Å². The first kappa shape index (κ1) is 15.6. The Bertz CT molecular complexity index is 588. The summed E-state index contributed by atoms with van der Waals surface area (Å²) in [6.07, 6.45) is 5.65. The summed E-state index contributed by atoms with van der Waals surface area (Å²) in [7, 11) is 0. The van der Waals surface area contributed by atoms with E-state index in [1.54, 1.807) is 0 Å². The minimum atomic E-state index is 0.161. The van der Waals surface area contributed by atoms with Crippen LogP contribution in [0, 0.1) is 5.92 Å². The van der Waals surface area contributed by atoms with Gasteiger partial charge in [-0.05, 0) is 37.3 Å². The van der Waals surface area contributed by atoms with Crippen LogP contribution in [0.4, 0.5) is 0 Å². The van der Waals surface area contributed by atoms with Crippen LogP contribution in [0.25, 0.3) is 10.9 Å². The lowest BCUT2D eigenvalue weighted by atomic mass is 10.0. The van der Waals surface area contributed by atoms with Gasteiger partial charge in [-0.2, -0.15) is 0 Å². The summed E-state index contributed by atoms with van der Waals surface area (Å²) in [6.45, 7) is 6.44. The van der Waals surface area contributed by atoms with Gasteiger partial charge in [-0.3, -0.25) is 4.79 Å². The highest BCUT2D eigenvalue weighted by Crippen LogP contribution is 2.19. The highest BCUT2D eigenvalue weighted by atomic mass is 16.1. The van der Waals surface area contributed by atoms with Crippen LogP contribution in [0.3, 0.4) is 0 Å². The molecule has 0 radical (unpaired) electrons. The zero-order valence-electron chi connectivity index (χ0n) is 13.3. The molecule has 1 unspecified atom stereocenters. The normalized spacial score (nSPS) is 14.0. The van der Waals surface area contributed by atoms with Crippen molar-refractivity contribution in [1.82, 2.24) is 10.3 Å². The van der Waals surface area contributed by atoms with Crippen molar-refractivity contribution < 1.29 is 4.79 Å². The standard InChI is InChI=1S/C18H26N2O/c1-4-13(2)9-10-18(21)20-14(3)11-15-12-19-17-8-6-5-7-16(15)17/h5-8,12-14,19H,4,9-11H2,1-3H3,(H,20,21)/t13-,14?/m0/s1. The number of hydrogen-bond donors (Lipinski definition) is 2. The molecular formula is C18H26N2O. The van der Waals surface area contributed by atoms with Gasteiger partial charge < -0.3 is 10.3 Å². The highest BCUT2D eigenvalue weighted by molar-refractivity contribution is 5.83. The van der Waals surface area contributed by atoms with Crippen LogP contribution in [-0.2, 0) is 11.2 Å². The van der Waals surface area contributed by atoms with Gasteiger partial charge in [-0.1, -0.05) is 38.5 Å². The number of carbonyl (C=O) groups is 1. The molecule has 2 N–H and O–H groups in total. The molecule has 1 amide bonds. The van der Waals surface area contributed by atoms with Gasteiger partial charge in [-0.15, -0.1) is 0 Å². The fraction of sp³-hybridized carbons (Fsp3) is 0.500. The Morgan fingerprint density at radius 1 is 1.29 bits per heavy atom. The summed E-state index contributed by atoms with van der Waals surface area (Å²) in [5.74, 6) is 0.794. The molecule has 0 saturated heterocycles. The van der Waals surface area contributed by atoms with E-state index in [1.165, 1.54) is 10.9 Å². The smallest absolute Gasteiger partial charge is 0.220 e. The zero-order chi connectivity index (χ0) is 15.2. The molecule has 2 atom stereocenters. The Morgan fingerprint density at radius 3 is 2.81 bits per heavy atom. The van der Waals surface area contributed by atoms with E-state index in [9.17, 15) is 4.79 Å². The second-order valence-electron chi connectivity index (χ2n) is 6.08. The average molecular weight is 286 g/mol. The SMILES string of the molecule is CC[C@H](C)CCC(=O)NC(C)Cc1c[nH]c2ccccc12. The molecule has 1 heterocycles. The van der Waals surface area contributed by atoms with Gasteiger partial charge in [0.25, 0.3) is 0 Å². The third-order valence-corrected chi connectivity index (χ3v) is 4.17. The molecule has 21 heavy (non-hydrogen) atoms. The van der Waals surface area contributed by atoms with Crippen LogP contribution in [-0.4, -0.2) is 16.9 Å². The van der Waals surface area contributed by atoms with Crippen molar-refractivity contribution >= 4 is 16.8 Å². The third-order valence-electron chi connectivity index (χ3n) is 4.17. The fourth-order valence-electron chi connectivity index (χ4n) is 2.61. The predicted molar refractivity (Wildman–Crippen MR) is 88.3 cm³/mol. The molecule has 0 aliphatic rings. The number of nitrogens with one attached hydrogen (secondary N) is 2. The number of amides is 1. The Balaban J connectivity index is 1.87. The van der Waals surface area contributed by atoms with Crippen molar-refractivity contribution in [2.75, 3.05) is 0 Å². The number of fused-ring (bicyclic) bond motifs is 1. The molecule has 0 fully saturated rings. The van der Waals surface area contributed by atoms with Crippen LogP contribution >= 0.6 is 0 Å². The second kappa shape index (κ2) is 7.30. The molecule has 0 spiro atoms. The van der Waals surface area contributed by atoms with Gasteiger partial charge in [0.05, 0.1) is 0 Å². The molecule has 3 nitrogen and oxygen atoms in total. The van der Waals surface area contributed by atoms with Gasteiger partial charge in [0.15, 0.2) is 0 Å². The Hall–Kier alpha value is -1.77. The first-order valence-electron chi connectivity index (χ1n) is 7.94. The lowest BCUT2D eigenvalue weighted by molar-refractivity contribution is -0.121.